The summed E-state index contributed by atoms with van der Waals surface area (Å²) in [7, 11) is -3.38. The minimum Gasteiger partial charge on any atom is -0.131 e. The maximum absolute atomic E-state index is 2.59. The zero-order chi connectivity index (χ0) is 25.4. The van der Waals surface area contributed by atoms with E-state index < -0.39 is 20.1 Å². The topological polar surface area (TPSA) is 0 Å². The van der Waals surface area contributed by atoms with Gasteiger partial charge in [-0.2, -0.15) is 0 Å². The average molecular weight is 527 g/mol. The number of benzene rings is 5. The van der Waals surface area contributed by atoms with Crippen molar-refractivity contribution >= 4 is 20.1 Å². The highest BCUT2D eigenvalue weighted by Crippen LogP contribution is 2.90. The van der Waals surface area contributed by atoms with E-state index in [1.807, 2.05) is 0 Å². The van der Waals surface area contributed by atoms with Gasteiger partial charge in [0.05, 0.1) is 0 Å². The van der Waals surface area contributed by atoms with Crippen molar-refractivity contribution in [2.75, 3.05) is 0 Å². The van der Waals surface area contributed by atoms with Gasteiger partial charge in [0.2, 0.25) is 0 Å². The van der Waals surface area contributed by atoms with Crippen LogP contribution in [0, 0.1) is 0 Å². The lowest BCUT2D eigenvalue weighted by Crippen LogP contribution is -2.22. The monoisotopic (exact) mass is 526 g/mol. The maximum Gasteiger partial charge on any atom is 0.0154 e. The smallest absolute Gasteiger partial charge is 0.0154 e. The quantitative estimate of drug-likeness (QED) is 0.218. The van der Waals surface area contributed by atoms with Crippen LogP contribution in [0.3, 0.4) is 0 Å². The van der Waals surface area contributed by atoms with Crippen LogP contribution >= 0.6 is 20.1 Å². The van der Waals surface area contributed by atoms with E-state index in [-0.39, 0.29) is 0 Å². The third-order valence-electron chi connectivity index (χ3n) is 7.62. The number of rotatable bonds is 4. The molecule has 38 heavy (non-hydrogen) atoms. The fraction of sp³-hybridized carbons (Fsp3) is 0.0556. The minimum atomic E-state index is -1.69. The molecular weight excluding hydrogens is 497 g/mol. The lowest BCUT2D eigenvalue weighted by molar-refractivity contribution is 1.01. The molecule has 1 aliphatic carbocycles. The molecule has 0 radical (unpaired) electrons. The Bertz CT molecular complexity index is 1430. The Labute approximate surface area is 229 Å². The molecule has 2 aliphatic rings. The molecule has 0 amide bonds. The highest BCUT2D eigenvalue weighted by atomic mass is 32.3. The first-order valence-corrected chi connectivity index (χ1v) is 16.5. The minimum absolute atomic E-state index is 1.08. The van der Waals surface area contributed by atoms with E-state index in [9.17, 15) is 0 Å². The molecule has 5 aromatic carbocycles. The number of allylic oxidation sites excluding steroid dienone is 2. The van der Waals surface area contributed by atoms with Crippen molar-refractivity contribution in [2.24, 2.45) is 0 Å². The Balaban J connectivity index is 1.71. The molecule has 0 aromatic heterocycles. The lowest BCUT2D eigenvalue weighted by atomic mass is 10.2. The van der Waals surface area contributed by atoms with Gasteiger partial charge in [-0.05, 0) is 73.5 Å². The fourth-order valence-corrected chi connectivity index (χ4v) is 15.8. The predicted octanol–water partition coefficient (Wildman–Crippen LogP) is 10.8. The van der Waals surface area contributed by atoms with Gasteiger partial charge in [0.15, 0.2) is 0 Å². The predicted molar refractivity (Wildman–Crippen MR) is 162 cm³/mol. The summed E-state index contributed by atoms with van der Waals surface area (Å²) in [6.07, 6.45) is 7.34. The van der Waals surface area contributed by atoms with E-state index in [1.165, 1.54) is 39.2 Å². The second kappa shape index (κ2) is 9.54. The van der Waals surface area contributed by atoms with Crippen molar-refractivity contribution in [1.82, 2.24) is 0 Å². The molecular formula is C36H30S2. The molecule has 5 aromatic rings. The first-order chi connectivity index (χ1) is 18.9. The first kappa shape index (κ1) is 23.4. The summed E-state index contributed by atoms with van der Waals surface area (Å²) in [5.41, 5.74) is 0. The molecule has 0 saturated heterocycles. The van der Waals surface area contributed by atoms with Crippen LogP contribution in [0.15, 0.2) is 197 Å². The Morgan fingerprint density at radius 1 is 0.316 bits per heavy atom. The SMILES string of the molecule is C1=C2C(=CCC1)S(c1ccccc1)(c1ccccc1)c1ccccc1S2(c1ccccc1)c1ccccc1. The maximum atomic E-state index is 2.59. The van der Waals surface area contributed by atoms with Crippen molar-refractivity contribution in [1.29, 1.82) is 0 Å². The summed E-state index contributed by atoms with van der Waals surface area (Å²) in [5.74, 6) is 0. The van der Waals surface area contributed by atoms with E-state index in [0.29, 0.717) is 0 Å². The molecule has 0 spiro atoms. The molecule has 0 N–H and O–H groups in total. The zero-order valence-corrected chi connectivity index (χ0v) is 22.9. The van der Waals surface area contributed by atoms with Gasteiger partial charge in [0, 0.05) is 39.2 Å². The second-order valence-corrected chi connectivity index (χ2v) is 15.7. The van der Waals surface area contributed by atoms with Gasteiger partial charge in [-0.25, -0.2) is 0 Å². The van der Waals surface area contributed by atoms with E-state index in [4.69, 9.17) is 0 Å². The third kappa shape index (κ3) is 3.27. The van der Waals surface area contributed by atoms with Gasteiger partial charge >= 0.3 is 0 Å². The zero-order valence-electron chi connectivity index (χ0n) is 21.2. The van der Waals surface area contributed by atoms with Gasteiger partial charge in [-0.1, -0.05) is 97.1 Å². The van der Waals surface area contributed by atoms with E-state index in [0.717, 1.165) is 12.8 Å². The van der Waals surface area contributed by atoms with Gasteiger partial charge in [0.1, 0.15) is 0 Å². The average Bonchev–Trinajstić information content (AvgIpc) is 3.02. The molecule has 0 saturated carbocycles. The summed E-state index contributed by atoms with van der Waals surface area (Å²) in [6.45, 7) is 0. The summed E-state index contributed by atoms with van der Waals surface area (Å²) in [4.78, 5) is 11.7. The summed E-state index contributed by atoms with van der Waals surface area (Å²) < 4.78 is 0. The summed E-state index contributed by atoms with van der Waals surface area (Å²) >= 11 is 0. The van der Waals surface area contributed by atoms with Crippen LogP contribution in [0.1, 0.15) is 12.8 Å². The molecule has 2 heteroatoms. The van der Waals surface area contributed by atoms with Crippen LogP contribution < -0.4 is 0 Å². The van der Waals surface area contributed by atoms with E-state index in [2.05, 4.69) is 158 Å². The molecule has 7 rings (SSSR count). The fourth-order valence-electron chi connectivity index (χ4n) is 6.16. The largest absolute Gasteiger partial charge is 0.131 e. The highest BCUT2D eigenvalue weighted by molar-refractivity contribution is 8.43. The molecule has 186 valence electrons. The Hall–Kier alpha value is -3.72. The van der Waals surface area contributed by atoms with Crippen LogP contribution in [-0.2, 0) is 0 Å². The van der Waals surface area contributed by atoms with Crippen LogP contribution in [0.25, 0.3) is 0 Å². The first-order valence-electron chi connectivity index (χ1n) is 13.2. The Kier molecular flexibility index (Phi) is 5.88. The normalized spacial score (nSPS) is 18.6. The second-order valence-electron chi connectivity index (χ2n) is 9.64. The van der Waals surface area contributed by atoms with Gasteiger partial charge in [-0.15, -0.1) is 20.1 Å². The summed E-state index contributed by atoms with van der Waals surface area (Å²) in [6, 6.07) is 54.6. The van der Waals surface area contributed by atoms with Crippen molar-refractivity contribution in [2.45, 2.75) is 42.2 Å². The van der Waals surface area contributed by atoms with Crippen LogP contribution in [0.4, 0.5) is 0 Å². The van der Waals surface area contributed by atoms with Crippen LogP contribution in [-0.4, -0.2) is 0 Å². The summed E-state index contributed by atoms with van der Waals surface area (Å²) in [5, 5.41) is 0. The van der Waals surface area contributed by atoms with Crippen molar-refractivity contribution in [3.05, 3.63) is 168 Å². The molecule has 1 heterocycles. The van der Waals surface area contributed by atoms with Crippen LogP contribution in [0.2, 0.25) is 0 Å². The van der Waals surface area contributed by atoms with Crippen molar-refractivity contribution in [3.8, 4) is 0 Å². The highest BCUT2D eigenvalue weighted by Gasteiger charge is 2.51. The number of hydrogen-bond acceptors (Lipinski definition) is 0. The molecule has 0 fully saturated rings. The molecule has 1 aliphatic heterocycles. The van der Waals surface area contributed by atoms with Gasteiger partial charge in [-0.3, -0.25) is 0 Å². The number of fused-ring (bicyclic) bond motifs is 2. The lowest BCUT2D eigenvalue weighted by Gasteiger charge is -2.58. The third-order valence-corrected chi connectivity index (χ3v) is 15.9. The number of hydrogen-bond donors (Lipinski definition) is 0. The van der Waals surface area contributed by atoms with Gasteiger partial charge in [0.25, 0.3) is 0 Å². The molecule has 0 nitrogen and oxygen atoms in total. The molecule has 0 bridgehead atoms. The van der Waals surface area contributed by atoms with Crippen molar-refractivity contribution in [3.63, 3.8) is 0 Å². The Morgan fingerprint density at radius 2 is 0.579 bits per heavy atom. The standard InChI is InChI=1S/C36H30S2/c1-5-17-29(18-6-1)37(30-19-7-2-8-20-30)33-25-13-15-27-35(33)38(31-21-9-3-10-22-31,32-23-11-4-12-24-32)36-28-16-14-26-34(36)37/h1-13,15,17-28H,14,16H2. The van der Waals surface area contributed by atoms with E-state index in [1.54, 1.807) is 0 Å². The van der Waals surface area contributed by atoms with Gasteiger partial charge < -0.3 is 0 Å². The molecule has 0 unspecified atom stereocenters. The van der Waals surface area contributed by atoms with E-state index >= 15 is 0 Å². The molecule has 0 atom stereocenters. The van der Waals surface area contributed by atoms with Crippen LogP contribution in [0.5, 0.6) is 0 Å². The Morgan fingerprint density at radius 3 is 0.868 bits per heavy atom. The van der Waals surface area contributed by atoms with Crippen molar-refractivity contribution < 1.29 is 0 Å².